The first-order valence-corrected chi connectivity index (χ1v) is 5.45. The van der Waals surface area contributed by atoms with Crippen LogP contribution in [0.1, 0.15) is 25.8 Å². The minimum atomic E-state index is -0.191. The molecule has 0 bridgehead atoms. The Bertz CT molecular complexity index is 268. The van der Waals surface area contributed by atoms with Crippen LogP contribution in [0, 0.1) is 11.7 Å². The van der Waals surface area contributed by atoms with Crippen molar-refractivity contribution in [2.75, 3.05) is 0 Å². The van der Waals surface area contributed by atoms with Gasteiger partial charge in [-0.3, -0.25) is 0 Å². The topological polar surface area (TPSA) is 0 Å². The van der Waals surface area contributed by atoms with Gasteiger partial charge in [0.1, 0.15) is 5.82 Å². The van der Waals surface area contributed by atoms with Crippen LogP contribution in [0.4, 0.5) is 4.39 Å². The van der Waals surface area contributed by atoms with Crippen LogP contribution >= 0.6 is 11.6 Å². The normalized spacial score (nSPS) is 15.1. The maximum atomic E-state index is 12.6. The lowest BCUT2D eigenvalue weighted by Crippen LogP contribution is -2.13. The van der Waals surface area contributed by atoms with Crippen LogP contribution in [0.3, 0.4) is 0 Å². The molecule has 0 saturated carbocycles. The molecule has 1 rings (SSSR count). The van der Waals surface area contributed by atoms with Crippen molar-refractivity contribution in [3.63, 3.8) is 0 Å². The molecule has 0 nitrogen and oxygen atoms in total. The molecule has 1 aromatic rings. The zero-order valence-corrected chi connectivity index (χ0v) is 9.39. The molecule has 0 saturated heterocycles. The summed E-state index contributed by atoms with van der Waals surface area (Å²) in [6.07, 6.45) is 1.90. The van der Waals surface area contributed by atoms with Gasteiger partial charge in [-0.15, -0.1) is 11.6 Å². The van der Waals surface area contributed by atoms with E-state index in [1.165, 1.54) is 12.1 Å². The van der Waals surface area contributed by atoms with Crippen LogP contribution in [-0.4, -0.2) is 5.38 Å². The quantitative estimate of drug-likeness (QED) is 0.665. The van der Waals surface area contributed by atoms with Gasteiger partial charge >= 0.3 is 0 Å². The maximum Gasteiger partial charge on any atom is 0.123 e. The van der Waals surface area contributed by atoms with Crippen LogP contribution in [0.2, 0.25) is 0 Å². The van der Waals surface area contributed by atoms with Gasteiger partial charge in [0, 0.05) is 5.38 Å². The number of rotatable bonds is 4. The standard InChI is InChI=1S/C12H16ClF/c1-3-9(2)12(13)8-10-4-6-11(14)7-5-10/h4-7,9,12H,3,8H2,1-2H3. The van der Waals surface area contributed by atoms with E-state index in [1.807, 2.05) is 0 Å². The summed E-state index contributed by atoms with van der Waals surface area (Å²) in [7, 11) is 0. The number of alkyl halides is 1. The smallest absolute Gasteiger partial charge is 0.123 e. The molecule has 0 amide bonds. The van der Waals surface area contributed by atoms with Gasteiger partial charge in [-0.2, -0.15) is 0 Å². The zero-order chi connectivity index (χ0) is 10.6. The van der Waals surface area contributed by atoms with Gasteiger partial charge in [0.2, 0.25) is 0 Å². The molecule has 0 aromatic heterocycles. The molecule has 0 aliphatic heterocycles. The Kier molecular flexibility index (Phi) is 4.40. The van der Waals surface area contributed by atoms with Crippen molar-refractivity contribution in [2.45, 2.75) is 32.1 Å². The fourth-order valence-electron chi connectivity index (χ4n) is 1.30. The van der Waals surface area contributed by atoms with E-state index in [1.54, 1.807) is 12.1 Å². The van der Waals surface area contributed by atoms with Gasteiger partial charge in [-0.25, -0.2) is 4.39 Å². The first-order chi connectivity index (χ1) is 6.63. The average Bonchev–Trinajstić information content (AvgIpc) is 2.20. The summed E-state index contributed by atoms with van der Waals surface area (Å²) in [6.45, 7) is 4.27. The van der Waals surface area contributed by atoms with Gasteiger partial charge in [-0.1, -0.05) is 32.4 Å². The fourth-order valence-corrected chi connectivity index (χ4v) is 1.66. The Balaban J connectivity index is 2.56. The second kappa shape index (κ2) is 5.35. The maximum absolute atomic E-state index is 12.6. The van der Waals surface area contributed by atoms with E-state index in [4.69, 9.17) is 11.6 Å². The minimum absolute atomic E-state index is 0.144. The molecule has 2 unspecified atom stereocenters. The third kappa shape index (κ3) is 3.30. The molecule has 0 spiro atoms. The first kappa shape index (κ1) is 11.5. The molecule has 0 fully saturated rings. The van der Waals surface area contributed by atoms with E-state index in [2.05, 4.69) is 13.8 Å². The molecule has 1 aromatic carbocycles. The SMILES string of the molecule is CCC(C)C(Cl)Cc1ccc(F)cc1. The summed E-state index contributed by atoms with van der Waals surface area (Å²) in [6, 6.07) is 6.56. The molecular weight excluding hydrogens is 199 g/mol. The summed E-state index contributed by atoms with van der Waals surface area (Å²) >= 11 is 6.21. The molecule has 78 valence electrons. The number of halogens is 2. The molecule has 0 aliphatic rings. The molecule has 0 aliphatic carbocycles. The molecular formula is C12H16ClF. The summed E-state index contributed by atoms with van der Waals surface area (Å²) < 4.78 is 12.6. The molecule has 0 heterocycles. The number of benzene rings is 1. The fraction of sp³-hybridized carbons (Fsp3) is 0.500. The molecule has 2 atom stereocenters. The van der Waals surface area contributed by atoms with Crippen LogP contribution in [0.5, 0.6) is 0 Å². The van der Waals surface area contributed by atoms with Gasteiger partial charge in [-0.05, 0) is 30.0 Å². The van der Waals surface area contributed by atoms with Crippen molar-refractivity contribution >= 4 is 11.6 Å². The third-order valence-corrected chi connectivity index (χ3v) is 3.19. The highest BCUT2D eigenvalue weighted by Gasteiger charge is 2.12. The van der Waals surface area contributed by atoms with Crippen molar-refractivity contribution in [2.24, 2.45) is 5.92 Å². The van der Waals surface area contributed by atoms with E-state index in [-0.39, 0.29) is 11.2 Å². The highest BCUT2D eigenvalue weighted by Crippen LogP contribution is 2.19. The van der Waals surface area contributed by atoms with Crippen LogP contribution < -0.4 is 0 Å². The first-order valence-electron chi connectivity index (χ1n) is 5.02. The van der Waals surface area contributed by atoms with E-state index in [9.17, 15) is 4.39 Å². The largest absolute Gasteiger partial charge is 0.207 e. The Morgan fingerprint density at radius 2 is 1.86 bits per heavy atom. The molecule has 0 N–H and O–H groups in total. The van der Waals surface area contributed by atoms with Crippen molar-refractivity contribution in [1.82, 2.24) is 0 Å². The lowest BCUT2D eigenvalue weighted by Gasteiger charge is -2.15. The highest BCUT2D eigenvalue weighted by atomic mass is 35.5. The second-order valence-corrected chi connectivity index (χ2v) is 4.29. The summed E-state index contributed by atoms with van der Waals surface area (Å²) in [5.74, 6) is 0.310. The van der Waals surface area contributed by atoms with Crippen LogP contribution in [0.15, 0.2) is 24.3 Å². The van der Waals surface area contributed by atoms with Gasteiger partial charge in [0.05, 0.1) is 0 Å². The summed E-state index contributed by atoms with van der Waals surface area (Å²) in [4.78, 5) is 0. The Morgan fingerprint density at radius 3 is 2.36 bits per heavy atom. The highest BCUT2D eigenvalue weighted by molar-refractivity contribution is 6.20. The van der Waals surface area contributed by atoms with Gasteiger partial charge in [0.15, 0.2) is 0 Å². The summed E-state index contributed by atoms with van der Waals surface area (Å²) in [5, 5.41) is 0.144. The lowest BCUT2D eigenvalue weighted by molar-refractivity contribution is 0.524. The predicted molar refractivity (Wildman–Crippen MR) is 59.2 cm³/mol. The van der Waals surface area contributed by atoms with Gasteiger partial charge < -0.3 is 0 Å². The van der Waals surface area contributed by atoms with Crippen molar-refractivity contribution < 1.29 is 4.39 Å². The van der Waals surface area contributed by atoms with Crippen molar-refractivity contribution in [1.29, 1.82) is 0 Å². The Labute approximate surface area is 90.1 Å². The summed E-state index contributed by atoms with van der Waals surface area (Å²) in [5.41, 5.74) is 1.10. The van der Waals surface area contributed by atoms with Crippen molar-refractivity contribution in [3.8, 4) is 0 Å². The monoisotopic (exact) mass is 214 g/mol. The third-order valence-electron chi connectivity index (χ3n) is 2.61. The molecule has 2 heteroatoms. The minimum Gasteiger partial charge on any atom is -0.207 e. The zero-order valence-electron chi connectivity index (χ0n) is 8.63. The lowest BCUT2D eigenvalue weighted by atomic mass is 9.98. The Hall–Kier alpha value is -0.560. The van der Waals surface area contributed by atoms with Crippen LogP contribution in [-0.2, 0) is 6.42 Å². The number of hydrogen-bond acceptors (Lipinski definition) is 0. The van der Waals surface area contributed by atoms with Gasteiger partial charge in [0.25, 0.3) is 0 Å². The molecule has 0 radical (unpaired) electrons. The van der Waals surface area contributed by atoms with Crippen LogP contribution in [0.25, 0.3) is 0 Å². The molecule has 14 heavy (non-hydrogen) atoms. The number of hydrogen-bond donors (Lipinski definition) is 0. The Morgan fingerprint density at radius 1 is 1.29 bits per heavy atom. The second-order valence-electron chi connectivity index (χ2n) is 3.73. The van der Waals surface area contributed by atoms with E-state index >= 15 is 0 Å². The predicted octanol–water partition coefficient (Wildman–Crippen LogP) is 4.02. The van der Waals surface area contributed by atoms with E-state index in [0.717, 1.165) is 18.4 Å². The van der Waals surface area contributed by atoms with E-state index in [0.29, 0.717) is 5.92 Å². The van der Waals surface area contributed by atoms with Crippen molar-refractivity contribution in [3.05, 3.63) is 35.6 Å². The average molecular weight is 215 g/mol. The van der Waals surface area contributed by atoms with E-state index < -0.39 is 0 Å².